The molecule has 31 heavy (non-hydrogen) atoms. The number of esters is 1. The first-order valence-corrected chi connectivity index (χ1v) is 12.8. The second-order valence-corrected chi connectivity index (χ2v) is 10.8. The average Bonchev–Trinajstić information content (AvgIpc) is 2.76. The van der Waals surface area contributed by atoms with Crippen LogP contribution in [0.3, 0.4) is 0 Å². The fourth-order valence-electron chi connectivity index (χ4n) is 4.34. The van der Waals surface area contributed by atoms with Crippen LogP contribution in [0.4, 0.5) is 0 Å². The lowest BCUT2D eigenvalue weighted by atomic mass is 9.86. The van der Waals surface area contributed by atoms with Gasteiger partial charge in [-0.1, -0.05) is 32.3 Å². The van der Waals surface area contributed by atoms with E-state index in [1.165, 1.54) is 22.9 Å². The van der Waals surface area contributed by atoms with Crippen molar-refractivity contribution in [2.75, 3.05) is 13.1 Å². The molecule has 0 spiro atoms. The first-order valence-electron chi connectivity index (χ1n) is 11.3. The maximum absolute atomic E-state index is 13.0. The normalized spacial score (nSPS) is 23.7. The fourth-order valence-corrected chi connectivity index (χ4v) is 5.89. The molecule has 3 rings (SSSR count). The second-order valence-electron chi connectivity index (χ2n) is 8.87. The minimum absolute atomic E-state index is 0.0834. The SMILES string of the molecule is Cc1ccc(S(=O)(=O)N2CCCCC2)cc1C(=O)O[C@H](C)C(=O)N[C@H]1CCCC[C@@H]1C. The third-order valence-corrected chi connectivity index (χ3v) is 8.37. The molecule has 1 aromatic rings. The zero-order chi connectivity index (χ0) is 22.6. The fraction of sp³-hybridized carbons (Fsp3) is 0.652. The van der Waals surface area contributed by atoms with E-state index in [4.69, 9.17) is 4.74 Å². The van der Waals surface area contributed by atoms with Crippen molar-refractivity contribution in [1.29, 1.82) is 0 Å². The number of carbonyl (C=O) groups is 2. The van der Waals surface area contributed by atoms with Gasteiger partial charge in [-0.3, -0.25) is 4.79 Å². The maximum Gasteiger partial charge on any atom is 0.339 e. The highest BCUT2D eigenvalue weighted by molar-refractivity contribution is 7.89. The Morgan fingerprint density at radius 3 is 2.45 bits per heavy atom. The minimum atomic E-state index is -3.66. The standard InChI is InChI=1S/C23H34N2O5S/c1-16-11-12-19(31(28,29)25-13-7-4-8-14-25)15-20(16)23(27)30-18(3)22(26)24-21-10-6-5-9-17(21)2/h11-12,15,17-18,21H,4-10,13-14H2,1-3H3,(H,24,26)/t17-,18+,21-/m0/s1. The lowest BCUT2D eigenvalue weighted by Crippen LogP contribution is -2.46. The van der Waals surface area contributed by atoms with E-state index in [1.807, 2.05) is 0 Å². The summed E-state index contributed by atoms with van der Waals surface area (Å²) in [6.07, 6.45) is 6.02. The van der Waals surface area contributed by atoms with Gasteiger partial charge in [0.05, 0.1) is 10.5 Å². The molecule has 0 unspecified atom stereocenters. The molecule has 2 fully saturated rings. The monoisotopic (exact) mass is 450 g/mol. The third-order valence-electron chi connectivity index (χ3n) is 6.47. The highest BCUT2D eigenvalue weighted by Gasteiger charge is 2.29. The molecule has 7 nitrogen and oxygen atoms in total. The molecule has 3 atom stereocenters. The van der Waals surface area contributed by atoms with Gasteiger partial charge in [0.2, 0.25) is 10.0 Å². The summed E-state index contributed by atoms with van der Waals surface area (Å²) >= 11 is 0. The van der Waals surface area contributed by atoms with Crippen LogP contribution in [0.5, 0.6) is 0 Å². The van der Waals surface area contributed by atoms with Gasteiger partial charge in [-0.2, -0.15) is 4.31 Å². The molecule has 1 saturated carbocycles. The number of hydrogen-bond acceptors (Lipinski definition) is 5. The highest BCUT2D eigenvalue weighted by Crippen LogP contribution is 2.25. The van der Waals surface area contributed by atoms with Crippen LogP contribution in [0.25, 0.3) is 0 Å². The molecule has 1 aliphatic heterocycles. The van der Waals surface area contributed by atoms with Gasteiger partial charge in [0, 0.05) is 19.1 Å². The van der Waals surface area contributed by atoms with Crippen molar-refractivity contribution in [3.05, 3.63) is 29.3 Å². The van der Waals surface area contributed by atoms with E-state index in [0.29, 0.717) is 24.6 Å². The number of benzene rings is 1. The van der Waals surface area contributed by atoms with Gasteiger partial charge in [0.1, 0.15) is 0 Å². The van der Waals surface area contributed by atoms with E-state index in [1.54, 1.807) is 19.9 Å². The zero-order valence-corrected chi connectivity index (χ0v) is 19.5. The Labute approximate surface area is 185 Å². The van der Waals surface area contributed by atoms with Gasteiger partial charge in [-0.15, -0.1) is 0 Å². The molecule has 1 N–H and O–H groups in total. The van der Waals surface area contributed by atoms with E-state index in [2.05, 4.69) is 12.2 Å². The molecule has 1 aliphatic carbocycles. The average molecular weight is 451 g/mol. The molecule has 2 aliphatic rings. The van der Waals surface area contributed by atoms with Crippen molar-refractivity contribution < 1.29 is 22.7 Å². The Hall–Kier alpha value is -1.93. The Kier molecular flexibility index (Phi) is 7.75. The molecule has 1 aromatic carbocycles. The third kappa shape index (κ3) is 5.66. The number of ether oxygens (including phenoxy) is 1. The number of hydrogen-bond donors (Lipinski definition) is 1. The quantitative estimate of drug-likeness (QED) is 0.671. The van der Waals surface area contributed by atoms with Crippen molar-refractivity contribution in [1.82, 2.24) is 9.62 Å². The summed E-state index contributed by atoms with van der Waals surface area (Å²) in [5.74, 6) is -0.603. The number of nitrogens with zero attached hydrogens (tertiary/aromatic N) is 1. The van der Waals surface area contributed by atoms with Crippen molar-refractivity contribution in [2.45, 2.75) is 82.8 Å². The predicted molar refractivity (Wildman–Crippen MR) is 118 cm³/mol. The Morgan fingerprint density at radius 2 is 1.77 bits per heavy atom. The summed E-state index contributed by atoms with van der Waals surface area (Å²) < 4.78 is 32.8. The van der Waals surface area contributed by atoms with Crippen LogP contribution in [0.15, 0.2) is 23.1 Å². The summed E-state index contributed by atoms with van der Waals surface area (Å²) in [7, 11) is -3.66. The van der Waals surface area contributed by atoms with E-state index in [-0.39, 0.29) is 22.4 Å². The largest absolute Gasteiger partial charge is 0.449 e. The molecule has 1 saturated heterocycles. The number of amides is 1. The number of nitrogens with one attached hydrogen (secondary N) is 1. The van der Waals surface area contributed by atoms with Crippen LogP contribution in [0.2, 0.25) is 0 Å². The first-order chi connectivity index (χ1) is 14.7. The number of rotatable bonds is 6. The number of aryl methyl sites for hydroxylation is 1. The Bertz CT molecular complexity index is 909. The highest BCUT2D eigenvalue weighted by atomic mass is 32.2. The molecule has 1 heterocycles. The molecule has 0 radical (unpaired) electrons. The van der Waals surface area contributed by atoms with Gasteiger partial charge in [0.25, 0.3) is 5.91 Å². The van der Waals surface area contributed by atoms with Crippen LogP contribution < -0.4 is 5.32 Å². The van der Waals surface area contributed by atoms with Crippen LogP contribution in [0, 0.1) is 12.8 Å². The summed E-state index contributed by atoms with van der Waals surface area (Å²) in [5.41, 5.74) is 0.778. The molecule has 172 valence electrons. The zero-order valence-electron chi connectivity index (χ0n) is 18.7. The van der Waals surface area contributed by atoms with E-state index in [0.717, 1.165) is 38.5 Å². The number of sulfonamides is 1. The van der Waals surface area contributed by atoms with E-state index < -0.39 is 22.1 Å². The Morgan fingerprint density at radius 1 is 1.10 bits per heavy atom. The lowest BCUT2D eigenvalue weighted by molar-refractivity contribution is -0.130. The number of piperidine rings is 1. The van der Waals surface area contributed by atoms with Crippen LogP contribution in [-0.2, 0) is 19.6 Å². The topological polar surface area (TPSA) is 92.8 Å². The predicted octanol–water partition coefficient (Wildman–Crippen LogP) is 3.41. The minimum Gasteiger partial charge on any atom is -0.449 e. The second kappa shape index (κ2) is 10.1. The van der Waals surface area contributed by atoms with E-state index in [9.17, 15) is 18.0 Å². The van der Waals surface area contributed by atoms with Gasteiger partial charge >= 0.3 is 5.97 Å². The molecular weight excluding hydrogens is 416 g/mol. The summed E-state index contributed by atoms with van der Waals surface area (Å²) in [4.78, 5) is 25.4. The van der Waals surface area contributed by atoms with Crippen LogP contribution in [0.1, 0.15) is 74.7 Å². The van der Waals surface area contributed by atoms with Gasteiger partial charge in [-0.05, 0) is 63.1 Å². The molecule has 0 aromatic heterocycles. The van der Waals surface area contributed by atoms with Gasteiger partial charge < -0.3 is 10.1 Å². The summed E-state index contributed by atoms with van der Waals surface area (Å²) in [6.45, 7) is 6.38. The summed E-state index contributed by atoms with van der Waals surface area (Å²) in [5, 5.41) is 3.00. The molecule has 8 heteroatoms. The van der Waals surface area contributed by atoms with Crippen molar-refractivity contribution in [3.8, 4) is 0 Å². The molecule has 1 amide bonds. The van der Waals surface area contributed by atoms with Gasteiger partial charge in [0.15, 0.2) is 6.10 Å². The van der Waals surface area contributed by atoms with Crippen LogP contribution >= 0.6 is 0 Å². The van der Waals surface area contributed by atoms with Crippen molar-refractivity contribution in [2.24, 2.45) is 5.92 Å². The smallest absolute Gasteiger partial charge is 0.339 e. The van der Waals surface area contributed by atoms with Gasteiger partial charge in [-0.25, -0.2) is 13.2 Å². The van der Waals surface area contributed by atoms with Crippen molar-refractivity contribution >= 4 is 21.9 Å². The van der Waals surface area contributed by atoms with Crippen LogP contribution in [-0.4, -0.2) is 49.8 Å². The Balaban J connectivity index is 1.69. The first kappa shape index (κ1) is 23.7. The summed E-state index contributed by atoms with van der Waals surface area (Å²) in [6, 6.07) is 4.61. The van der Waals surface area contributed by atoms with E-state index >= 15 is 0 Å². The maximum atomic E-state index is 13.0. The number of carbonyl (C=O) groups excluding carboxylic acids is 2. The molecule has 0 bridgehead atoms. The van der Waals surface area contributed by atoms with Crippen molar-refractivity contribution in [3.63, 3.8) is 0 Å². The molecular formula is C23H34N2O5S. The lowest BCUT2D eigenvalue weighted by Gasteiger charge is -2.30.